The van der Waals surface area contributed by atoms with Crippen molar-refractivity contribution in [3.8, 4) is 0 Å². The standard InChI is InChI=1S/C8H13N3/c1-10-6-3-4-8(11-2)7(9)5-6/h3-5,8,11H,9H2,1-2H3. The van der Waals surface area contributed by atoms with E-state index in [0.717, 1.165) is 11.4 Å². The van der Waals surface area contributed by atoms with Crippen LogP contribution in [0.2, 0.25) is 0 Å². The fourth-order valence-electron chi connectivity index (χ4n) is 1.02. The molecule has 1 atom stereocenters. The maximum absolute atomic E-state index is 5.72. The Hall–Kier alpha value is -1.09. The molecule has 0 saturated carbocycles. The van der Waals surface area contributed by atoms with Crippen molar-refractivity contribution in [2.24, 2.45) is 10.7 Å². The Kier molecular flexibility index (Phi) is 2.44. The van der Waals surface area contributed by atoms with Gasteiger partial charge in [-0.15, -0.1) is 0 Å². The molecule has 1 rings (SSSR count). The number of hydrogen-bond donors (Lipinski definition) is 2. The number of rotatable bonds is 1. The highest BCUT2D eigenvalue weighted by Crippen LogP contribution is 2.04. The van der Waals surface area contributed by atoms with Gasteiger partial charge in [-0.05, 0) is 19.2 Å². The van der Waals surface area contributed by atoms with E-state index in [4.69, 9.17) is 5.73 Å². The molecular weight excluding hydrogens is 138 g/mol. The van der Waals surface area contributed by atoms with E-state index in [2.05, 4.69) is 10.3 Å². The van der Waals surface area contributed by atoms with Gasteiger partial charge in [-0.25, -0.2) is 0 Å². The highest BCUT2D eigenvalue weighted by molar-refractivity contribution is 6.05. The Labute approximate surface area is 66.7 Å². The lowest BCUT2D eigenvalue weighted by atomic mass is 10.1. The van der Waals surface area contributed by atoms with Gasteiger partial charge in [0.25, 0.3) is 0 Å². The summed E-state index contributed by atoms with van der Waals surface area (Å²) in [6.45, 7) is 0. The van der Waals surface area contributed by atoms with Gasteiger partial charge in [0.15, 0.2) is 0 Å². The van der Waals surface area contributed by atoms with Crippen LogP contribution in [0.5, 0.6) is 0 Å². The maximum atomic E-state index is 5.72. The summed E-state index contributed by atoms with van der Waals surface area (Å²) in [4.78, 5) is 4.01. The molecule has 1 aliphatic rings. The molecule has 0 aliphatic heterocycles. The predicted molar refractivity (Wildman–Crippen MR) is 47.6 cm³/mol. The number of aliphatic imine (C=N–C) groups is 1. The van der Waals surface area contributed by atoms with Gasteiger partial charge in [-0.1, -0.05) is 6.08 Å². The molecule has 0 amide bonds. The molecule has 60 valence electrons. The van der Waals surface area contributed by atoms with Gasteiger partial charge >= 0.3 is 0 Å². The fourth-order valence-corrected chi connectivity index (χ4v) is 1.02. The predicted octanol–water partition coefficient (Wildman–Crippen LogP) is 0.0576. The third-order valence-corrected chi connectivity index (χ3v) is 1.70. The van der Waals surface area contributed by atoms with Gasteiger partial charge in [0.05, 0.1) is 11.8 Å². The van der Waals surface area contributed by atoms with Crippen LogP contribution in [-0.4, -0.2) is 25.8 Å². The highest BCUT2D eigenvalue weighted by atomic mass is 14.9. The topological polar surface area (TPSA) is 50.4 Å². The minimum absolute atomic E-state index is 0.167. The Morgan fingerprint density at radius 1 is 1.64 bits per heavy atom. The van der Waals surface area contributed by atoms with Crippen molar-refractivity contribution in [3.05, 3.63) is 23.9 Å². The van der Waals surface area contributed by atoms with Gasteiger partial charge < -0.3 is 11.1 Å². The quantitative estimate of drug-likeness (QED) is 0.556. The van der Waals surface area contributed by atoms with Crippen molar-refractivity contribution < 1.29 is 0 Å². The Morgan fingerprint density at radius 3 is 2.82 bits per heavy atom. The number of nitrogens with two attached hydrogens (primary N) is 1. The van der Waals surface area contributed by atoms with Crippen molar-refractivity contribution in [2.45, 2.75) is 6.04 Å². The Balaban J connectivity index is 2.79. The number of nitrogens with zero attached hydrogens (tertiary/aromatic N) is 1. The van der Waals surface area contributed by atoms with Gasteiger partial charge in [0.1, 0.15) is 0 Å². The molecule has 0 spiro atoms. The van der Waals surface area contributed by atoms with Gasteiger partial charge in [-0.3, -0.25) is 4.99 Å². The van der Waals surface area contributed by atoms with E-state index in [-0.39, 0.29) is 6.04 Å². The van der Waals surface area contributed by atoms with Crippen LogP contribution in [0, 0.1) is 0 Å². The maximum Gasteiger partial charge on any atom is 0.0655 e. The molecule has 1 aliphatic carbocycles. The molecule has 0 heterocycles. The first-order chi connectivity index (χ1) is 5.27. The first-order valence-electron chi connectivity index (χ1n) is 3.57. The summed E-state index contributed by atoms with van der Waals surface area (Å²) in [6.07, 6.45) is 5.83. The normalized spacial score (nSPS) is 27.3. The molecule has 11 heavy (non-hydrogen) atoms. The van der Waals surface area contributed by atoms with Crippen LogP contribution in [0.4, 0.5) is 0 Å². The van der Waals surface area contributed by atoms with E-state index >= 15 is 0 Å². The molecule has 0 bridgehead atoms. The zero-order chi connectivity index (χ0) is 8.27. The molecule has 0 aromatic carbocycles. The summed E-state index contributed by atoms with van der Waals surface area (Å²) in [5.74, 6) is 0. The smallest absolute Gasteiger partial charge is 0.0655 e. The van der Waals surface area contributed by atoms with E-state index < -0.39 is 0 Å². The molecule has 0 aromatic heterocycles. The SMILES string of the molecule is CN=C1C=CC(NC)C(N)=C1. The molecule has 0 radical (unpaired) electrons. The zero-order valence-corrected chi connectivity index (χ0v) is 6.83. The average molecular weight is 151 g/mol. The lowest BCUT2D eigenvalue weighted by Gasteiger charge is -2.15. The summed E-state index contributed by atoms with van der Waals surface area (Å²) < 4.78 is 0. The van der Waals surface area contributed by atoms with Crippen LogP contribution in [0.15, 0.2) is 28.9 Å². The molecule has 0 saturated heterocycles. The third-order valence-electron chi connectivity index (χ3n) is 1.70. The Morgan fingerprint density at radius 2 is 2.36 bits per heavy atom. The fraction of sp³-hybridized carbons (Fsp3) is 0.375. The minimum Gasteiger partial charge on any atom is -0.400 e. The lowest BCUT2D eigenvalue weighted by molar-refractivity contribution is 0.742. The number of likely N-dealkylation sites (N-methyl/N-ethyl adjacent to an activating group) is 1. The zero-order valence-electron chi connectivity index (χ0n) is 6.83. The molecule has 3 N–H and O–H groups in total. The summed E-state index contributed by atoms with van der Waals surface area (Å²) in [5, 5.41) is 3.06. The molecule has 3 nitrogen and oxygen atoms in total. The minimum atomic E-state index is 0.167. The summed E-state index contributed by atoms with van der Waals surface area (Å²) >= 11 is 0. The van der Waals surface area contributed by atoms with Gasteiger partial charge in [0.2, 0.25) is 0 Å². The molecule has 0 aromatic rings. The van der Waals surface area contributed by atoms with Crippen molar-refractivity contribution in [1.29, 1.82) is 0 Å². The van der Waals surface area contributed by atoms with E-state index in [0.29, 0.717) is 0 Å². The summed E-state index contributed by atoms with van der Waals surface area (Å²) in [6, 6.07) is 0.167. The van der Waals surface area contributed by atoms with Crippen molar-refractivity contribution >= 4 is 5.71 Å². The van der Waals surface area contributed by atoms with Gasteiger partial charge in [-0.2, -0.15) is 0 Å². The second kappa shape index (κ2) is 3.34. The summed E-state index contributed by atoms with van der Waals surface area (Å²) in [7, 11) is 3.63. The van der Waals surface area contributed by atoms with E-state index in [9.17, 15) is 0 Å². The van der Waals surface area contributed by atoms with Crippen LogP contribution in [0.3, 0.4) is 0 Å². The number of hydrogen-bond acceptors (Lipinski definition) is 3. The van der Waals surface area contributed by atoms with Crippen molar-refractivity contribution in [1.82, 2.24) is 5.32 Å². The van der Waals surface area contributed by atoms with E-state index in [1.54, 1.807) is 7.05 Å². The van der Waals surface area contributed by atoms with E-state index in [1.165, 1.54) is 0 Å². The van der Waals surface area contributed by atoms with Crippen LogP contribution in [0.25, 0.3) is 0 Å². The van der Waals surface area contributed by atoms with Crippen LogP contribution < -0.4 is 11.1 Å². The van der Waals surface area contributed by atoms with Crippen molar-refractivity contribution in [3.63, 3.8) is 0 Å². The average Bonchev–Trinajstić information content (AvgIpc) is 2.04. The Bertz CT molecular complexity index is 225. The first kappa shape index (κ1) is 8.01. The van der Waals surface area contributed by atoms with E-state index in [1.807, 2.05) is 25.3 Å². The largest absolute Gasteiger partial charge is 0.400 e. The number of nitrogens with one attached hydrogen (secondary N) is 1. The number of allylic oxidation sites excluding steroid dienone is 2. The summed E-state index contributed by atoms with van der Waals surface area (Å²) in [5.41, 5.74) is 7.46. The second-order valence-electron chi connectivity index (χ2n) is 2.42. The van der Waals surface area contributed by atoms with Crippen LogP contribution in [-0.2, 0) is 0 Å². The molecule has 1 unspecified atom stereocenters. The van der Waals surface area contributed by atoms with Crippen LogP contribution >= 0.6 is 0 Å². The molecular formula is C8H13N3. The molecule has 0 fully saturated rings. The van der Waals surface area contributed by atoms with Gasteiger partial charge in [0, 0.05) is 12.7 Å². The first-order valence-corrected chi connectivity index (χ1v) is 3.57. The molecule has 3 heteroatoms. The highest BCUT2D eigenvalue weighted by Gasteiger charge is 2.09. The van der Waals surface area contributed by atoms with Crippen LogP contribution in [0.1, 0.15) is 0 Å². The monoisotopic (exact) mass is 151 g/mol. The van der Waals surface area contributed by atoms with Crippen molar-refractivity contribution in [2.75, 3.05) is 14.1 Å². The third kappa shape index (κ3) is 1.68. The second-order valence-corrected chi connectivity index (χ2v) is 2.42. The lowest BCUT2D eigenvalue weighted by Crippen LogP contribution is -2.31.